The summed E-state index contributed by atoms with van der Waals surface area (Å²) in [5.74, 6) is 1.49. The van der Waals surface area contributed by atoms with E-state index in [-0.39, 0.29) is 17.9 Å². The molecule has 0 spiro atoms. The van der Waals surface area contributed by atoms with Crippen LogP contribution in [0.4, 0.5) is 0 Å². The number of piperidine rings is 1. The molecule has 2 saturated heterocycles. The number of thioether (sulfide) groups is 2. The summed E-state index contributed by atoms with van der Waals surface area (Å²) in [4.78, 5) is 13.2. The van der Waals surface area contributed by atoms with Crippen LogP contribution in [0.15, 0.2) is 21.7 Å². The number of hydrogen-bond donors (Lipinski definition) is 5. The molecule has 0 aromatic carbocycles. The van der Waals surface area contributed by atoms with E-state index in [0.29, 0.717) is 5.92 Å². The molecule has 0 saturated carbocycles. The Balaban J connectivity index is 1.52. The second kappa shape index (κ2) is 13.1. The highest BCUT2D eigenvalue weighted by Gasteiger charge is 2.47. The Morgan fingerprint density at radius 3 is 2.76 bits per heavy atom. The summed E-state index contributed by atoms with van der Waals surface area (Å²) in [6, 6.07) is 3.48. The molecule has 8 atom stereocenters. The van der Waals surface area contributed by atoms with Crippen molar-refractivity contribution in [3.8, 4) is 0 Å². The van der Waals surface area contributed by atoms with E-state index in [1.807, 2.05) is 25.6 Å². The summed E-state index contributed by atoms with van der Waals surface area (Å²) in [6.07, 6.45) is 1.34. The molecule has 7 nitrogen and oxygen atoms in total. The van der Waals surface area contributed by atoms with Crippen LogP contribution in [0.25, 0.3) is 0 Å². The minimum absolute atomic E-state index is 0.0211. The molecule has 3 rings (SSSR count). The lowest BCUT2D eigenvalue weighted by Crippen LogP contribution is -2.65. The highest BCUT2D eigenvalue weighted by Crippen LogP contribution is 2.31. The first-order valence-corrected chi connectivity index (χ1v) is 14.9. The van der Waals surface area contributed by atoms with E-state index in [1.165, 1.54) is 16.0 Å². The highest BCUT2D eigenvalue weighted by atomic mass is 32.2. The van der Waals surface area contributed by atoms with Crippen LogP contribution in [0, 0.1) is 11.8 Å². The van der Waals surface area contributed by atoms with Gasteiger partial charge in [-0.15, -0.1) is 34.9 Å². The van der Waals surface area contributed by atoms with E-state index in [9.17, 15) is 20.1 Å². The number of carbonyl (C=O) groups excluding carboxylic acids is 1. The molecule has 2 aliphatic rings. The Kier molecular flexibility index (Phi) is 10.8. The summed E-state index contributed by atoms with van der Waals surface area (Å²) in [5, 5.41) is 39.6. The molecule has 1 aromatic heterocycles. The molecule has 1 amide bonds. The van der Waals surface area contributed by atoms with Crippen LogP contribution in [-0.4, -0.2) is 81.7 Å². The van der Waals surface area contributed by atoms with Crippen LogP contribution < -0.4 is 10.6 Å². The Morgan fingerprint density at radius 1 is 1.30 bits per heavy atom. The lowest BCUT2D eigenvalue weighted by Gasteiger charge is -2.44. The van der Waals surface area contributed by atoms with Crippen molar-refractivity contribution in [2.45, 2.75) is 85.7 Å². The number of hydrogen-bond acceptors (Lipinski definition) is 9. The van der Waals surface area contributed by atoms with Gasteiger partial charge in [-0.3, -0.25) is 4.79 Å². The first kappa shape index (κ1) is 27.3. The van der Waals surface area contributed by atoms with E-state index in [1.54, 1.807) is 17.6 Å². The maximum Gasteiger partial charge on any atom is 0.237 e. The van der Waals surface area contributed by atoms with Gasteiger partial charge < -0.3 is 30.7 Å². The molecule has 5 N–H and O–H groups in total. The minimum atomic E-state index is -1.32. The monoisotopic (exact) mass is 518 g/mol. The van der Waals surface area contributed by atoms with Crippen LogP contribution >= 0.6 is 34.9 Å². The zero-order valence-electron chi connectivity index (χ0n) is 19.6. The SMILES string of the molecule is CS[C@H]1O[C@H]([C@H](NC(=O)[C@@H]2C[C@H](CCCSc3cccs3)CCN2)C(C)C)[C@H](O)[C@H](O)[C@H]1O. The van der Waals surface area contributed by atoms with Crippen LogP contribution in [0.5, 0.6) is 0 Å². The van der Waals surface area contributed by atoms with Crippen LogP contribution in [0.1, 0.15) is 39.5 Å². The second-order valence-corrected chi connectivity index (χ2v) is 12.6. The molecule has 0 unspecified atom stereocenters. The molecule has 3 heterocycles. The summed E-state index contributed by atoms with van der Waals surface area (Å²) >= 11 is 4.95. The smallest absolute Gasteiger partial charge is 0.237 e. The Labute approximate surface area is 209 Å². The van der Waals surface area contributed by atoms with E-state index in [4.69, 9.17) is 4.74 Å². The average molecular weight is 519 g/mol. The van der Waals surface area contributed by atoms with Gasteiger partial charge in [0, 0.05) is 0 Å². The average Bonchev–Trinajstić information content (AvgIpc) is 3.33. The number of carbonyl (C=O) groups is 1. The van der Waals surface area contributed by atoms with Crippen molar-refractivity contribution in [3.63, 3.8) is 0 Å². The summed E-state index contributed by atoms with van der Waals surface area (Å²) in [7, 11) is 0. The molecule has 2 aliphatic heterocycles. The van der Waals surface area contributed by atoms with Gasteiger partial charge in [0.1, 0.15) is 29.9 Å². The van der Waals surface area contributed by atoms with E-state index >= 15 is 0 Å². The van der Waals surface area contributed by atoms with Crippen molar-refractivity contribution in [2.75, 3.05) is 18.6 Å². The standard InChI is InChI=1S/C23H38N2O5S3/c1-13(2)17(21-19(27)18(26)20(28)23(30-21)31-3)25-22(29)15-12-14(8-9-24-15)6-4-10-32-16-7-5-11-33-16/h5,7,11,13-15,17-21,23-24,26-28H,4,6,8-10,12H2,1-3H3,(H,25,29)/t14-,15+,17-,18+,19-,20-,21-,23-/m1/s1. The summed E-state index contributed by atoms with van der Waals surface area (Å²) in [6.45, 7) is 4.72. The summed E-state index contributed by atoms with van der Waals surface area (Å²) < 4.78 is 7.28. The first-order valence-electron chi connectivity index (χ1n) is 11.7. The quantitative estimate of drug-likeness (QED) is 0.237. The van der Waals surface area contributed by atoms with Crippen LogP contribution in [0.3, 0.4) is 0 Å². The van der Waals surface area contributed by atoms with Crippen molar-refractivity contribution >= 4 is 40.8 Å². The van der Waals surface area contributed by atoms with Gasteiger partial charge >= 0.3 is 0 Å². The van der Waals surface area contributed by atoms with Crippen molar-refractivity contribution in [1.82, 2.24) is 10.6 Å². The van der Waals surface area contributed by atoms with Crippen molar-refractivity contribution in [2.24, 2.45) is 11.8 Å². The largest absolute Gasteiger partial charge is 0.388 e. The fourth-order valence-corrected chi connectivity index (χ4v) is 7.11. The third-order valence-corrected chi connectivity index (χ3v) is 9.62. The number of nitrogens with one attached hydrogen (secondary N) is 2. The van der Waals surface area contributed by atoms with Gasteiger partial charge in [0.15, 0.2) is 0 Å². The molecule has 10 heteroatoms. The third-order valence-electron chi connectivity index (χ3n) is 6.54. The third kappa shape index (κ3) is 7.33. The first-order chi connectivity index (χ1) is 15.8. The van der Waals surface area contributed by atoms with E-state index < -0.39 is 35.9 Å². The molecule has 0 aliphatic carbocycles. The zero-order valence-corrected chi connectivity index (χ0v) is 22.0. The molecular weight excluding hydrogens is 480 g/mol. The molecule has 0 radical (unpaired) electrons. The normalized spacial score (nSPS) is 33.7. The molecule has 0 bridgehead atoms. The number of rotatable bonds is 10. The van der Waals surface area contributed by atoms with Crippen molar-refractivity contribution < 1.29 is 24.9 Å². The number of thiophene rings is 1. The Bertz CT molecular complexity index is 721. The Morgan fingerprint density at radius 2 is 2.09 bits per heavy atom. The van der Waals surface area contributed by atoms with Gasteiger partial charge in [-0.25, -0.2) is 0 Å². The van der Waals surface area contributed by atoms with Crippen LogP contribution in [0.2, 0.25) is 0 Å². The molecule has 2 fully saturated rings. The minimum Gasteiger partial charge on any atom is -0.388 e. The van der Waals surface area contributed by atoms with Gasteiger partial charge in [0.2, 0.25) is 5.91 Å². The van der Waals surface area contributed by atoms with Gasteiger partial charge in [0.25, 0.3) is 0 Å². The lowest BCUT2D eigenvalue weighted by molar-refractivity contribution is -0.208. The molecule has 33 heavy (non-hydrogen) atoms. The number of aliphatic hydroxyl groups is 3. The van der Waals surface area contributed by atoms with Gasteiger partial charge in [0.05, 0.1) is 16.3 Å². The Hall–Kier alpha value is -0.330. The van der Waals surface area contributed by atoms with Crippen LogP contribution in [-0.2, 0) is 9.53 Å². The molecule has 1 aromatic rings. The van der Waals surface area contributed by atoms with Gasteiger partial charge in [-0.1, -0.05) is 19.9 Å². The fourth-order valence-electron chi connectivity index (χ4n) is 4.61. The van der Waals surface area contributed by atoms with E-state index in [2.05, 4.69) is 28.1 Å². The number of ether oxygens (including phenoxy) is 1. The zero-order chi connectivity index (χ0) is 24.0. The van der Waals surface area contributed by atoms with Gasteiger partial charge in [-0.05, 0) is 67.5 Å². The van der Waals surface area contributed by atoms with Gasteiger partial charge in [-0.2, -0.15) is 0 Å². The molecule has 188 valence electrons. The second-order valence-electron chi connectivity index (χ2n) is 9.27. The van der Waals surface area contributed by atoms with E-state index in [0.717, 1.165) is 38.0 Å². The maximum atomic E-state index is 13.2. The maximum absolute atomic E-state index is 13.2. The predicted molar refractivity (Wildman–Crippen MR) is 136 cm³/mol. The molecular formula is C23H38N2O5S3. The number of amides is 1. The van der Waals surface area contributed by atoms with Crippen molar-refractivity contribution in [3.05, 3.63) is 17.5 Å². The predicted octanol–water partition coefficient (Wildman–Crippen LogP) is 2.30. The van der Waals surface area contributed by atoms with Crippen molar-refractivity contribution in [1.29, 1.82) is 0 Å². The lowest BCUT2D eigenvalue weighted by atomic mass is 9.86. The fraction of sp³-hybridized carbons (Fsp3) is 0.783. The highest BCUT2D eigenvalue weighted by molar-refractivity contribution is 8.01. The number of aliphatic hydroxyl groups excluding tert-OH is 3. The summed E-state index contributed by atoms with van der Waals surface area (Å²) in [5.41, 5.74) is -0.657. The topological polar surface area (TPSA) is 111 Å².